The van der Waals surface area contributed by atoms with E-state index >= 15 is 0 Å². The van der Waals surface area contributed by atoms with Gasteiger partial charge in [-0.1, -0.05) is 24.3 Å². The van der Waals surface area contributed by atoms with Crippen molar-refractivity contribution in [2.24, 2.45) is 0 Å². The number of benzene rings is 2. The molecule has 1 aromatic heterocycles. The van der Waals surface area contributed by atoms with E-state index in [1.165, 1.54) is 6.92 Å². The first-order chi connectivity index (χ1) is 13.6. The zero-order valence-corrected chi connectivity index (χ0v) is 16.7. The van der Waals surface area contributed by atoms with Gasteiger partial charge in [0.2, 0.25) is 10.0 Å². The van der Waals surface area contributed by atoms with E-state index in [0.29, 0.717) is 28.5 Å². The molecule has 0 spiro atoms. The molecule has 0 aliphatic rings. The number of hydrogen-bond acceptors (Lipinski definition) is 4. The standard InChI is InChI=1S/C19H15F4NO3S2/c1-2-29(26,27)24(10-12-7-8-16(20)15(9-12)19(21,22)23)18-14(11-25)13-5-3-4-6-17(13)28-18/h3-9,11H,2,10H2,1H3/i20-1. The first kappa shape index (κ1) is 21.3. The number of alkyl halides is 3. The lowest BCUT2D eigenvalue weighted by molar-refractivity contribution is -0.140. The summed E-state index contributed by atoms with van der Waals surface area (Å²) in [5, 5.41) is 0.662. The molecule has 0 aliphatic carbocycles. The lowest BCUT2D eigenvalue weighted by Crippen LogP contribution is -2.32. The van der Waals surface area contributed by atoms with Gasteiger partial charge in [-0.05, 0) is 30.7 Å². The molecule has 29 heavy (non-hydrogen) atoms. The third kappa shape index (κ3) is 4.13. The Balaban J connectivity index is 2.16. The van der Waals surface area contributed by atoms with Gasteiger partial charge in [0, 0.05) is 10.1 Å². The molecule has 0 bridgehead atoms. The fraction of sp³-hybridized carbons (Fsp3) is 0.211. The summed E-state index contributed by atoms with van der Waals surface area (Å²) in [6, 6.07) is 9.13. The Morgan fingerprint density at radius 1 is 1.14 bits per heavy atom. The van der Waals surface area contributed by atoms with Crippen molar-refractivity contribution < 1.29 is 30.8 Å². The fourth-order valence-electron chi connectivity index (χ4n) is 2.86. The van der Waals surface area contributed by atoms with E-state index < -0.39 is 34.1 Å². The Labute approximate surface area is 168 Å². The average molecular weight is 444 g/mol. The molecule has 0 unspecified atom stereocenters. The van der Waals surface area contributed by atoms with Crippen LogP contribution in [0.1, 0.15) is 28.4 Å². The molecule has 0 atom stereocenters. The summed E-state index contributed by atoms with van der Waals surface area (Å²) in [5.41, 5.74) is -1.39. The summed E-state index contributed by atoms with van der Waals surface area (Å²) in [6.07, 6.45) is -4.39. The SMILES string of the molecule is CCS(=O)(=O)N(Cc1ccc([18F])c(C(F)(F)F)c1)c1sc2ccccc2c1C=O. The van der Waals surface area contributed by atoms with E-state index in [9.17, 15) is 30.8 Å². The predicted octanol–water partition coefficient (Wildman–Crippen LogP) is 5.23. The van der Waals surface area contributed by atoms with Crippen LogP contribution >= 0.6 is 11.3 Å². The monoisotopic (exact) mass is 444 g/mol. The second-order valence-corrected chi connectivity index (χ2v) is 9.37. The molecule has 0 N–H and O–H groups in total. The highest BCUT2D eigenvalue weighted by Gasteiger charge is 2.35. The third-order valence-electron chi connectivity index (χ3n) is 4.32. The second-order valence-electron chi connectivity index (χ2n) is 6.15. The molecule has 0 amide bonds. The zero-order chi connectivity index (χ0) is 21.4. The number of aldehydes is 1. The Kier molecular flexibility index (Phi) is 5.68. The molecule has 0 saturated carbocycles. The summed E-state index contributed by atoms with van der Waals surface area (Å²) >= 11 is 1.05. The number of hydrogen-bond donors (Lipinski definition) is 0. The van der Waals surface area contributed by atoms with Crippen molar-refractivity contribution in [3.8, 4) is 0 Å². The topological polar surface area (TPSA) is 54.5 Å². The maximum Gasteiger partial charge on any atom is 0.419 e. The molecular weight excluding hydrogens is 429 g/mol. The molecular formula is C19H15F4NO3S2. The minimum absolute atomic E-state index is 0.0509. The number of sulfonamides is 1. The van der Waals surface area contributed by atoms with E-state index in [0.717, 1.165) is 21.7 Å². The number of anilines is 1. The van der Waals surface area contributed by atoms with Crippen molar-refractivity contribution in [3.05, 3.63) is 65.0 Å². The number of halogens is 4. The number of rotatable bonds is 6. The van der Waals surface area contributed by atoms with Crippen LogP contribution in [0.4, 0.5) is 22.6 Å². The summed E-state index contributed by atoms with van der Waals surface area (Å²) in [5.74, 6) is -1.77. The Morgan fingerprint density at radius 3 is 2.45 bits per heavy atom. The average Bonchev–Trinajstić information content (AvgIpc) is 3.04. The van der Waals surface area contributed by atoms with Gasteiger partial charge in [-0.2, -0.15) is 13.2 Å². The summed E-state index contributed by atoms with van der Waals surface area (Å²) in [6.45, 7) is 0.926. The van der Waals surface area contributed by atoms with Gasteiger partial charge >= 0.3 is 6.18 Å². The quantitative estimate of drug-likeness (QED) is 0.387. The highest BCUT2D eigenvalue weighted by Crippen LogP contribution is 2.39. The van der Waals surface area contributed by atoms with Crippen LogP contribution in [0.3, 0.4) is 0 Å². The van der Waals surface area contributed by atoms with Crippen molar-refractivity contribution in [1.82, 2.24) is 0 Å². The molecule has 0 fully saturated rings. The smallest absolute Gasteiger partial charge is 0.298 e. The molecule has 1 heterocycles. The summed E-state index contributed by atoms with van der Waals surface area (Å²) < 4.78 is 79.7. The third-order valence-corrected chi connectivity index (χ3v) is 7.36. The molecule has 3 aromatic rings. The van der Waals surface area contributed by atoms with E-state index in [2.05, 4.69) is 0 Å². The molecule has 0 saturated heterocycles. The molecule has 154 valence electrons. The van der Waals surface area contributed by atoms with Crippen LogP contribution in [0.25, 0.3) is 10.1 Å². The van der Waals surface area contributed by atoms with Gasteiger partial charge in [0.25, 0.3) is 0 Å². The van der Waals surface area contributed by atoms with Crippen LogP contribution in [0.2, 0.25) is 0 Å². The maximum absolute atomic E-state index is 13.6. The molecule has 2 aromatic carbocycles. The van der Waals surface area contributed by atoms with Crippen LogP contribution in [0.5, 0.6) is 0 Å². The lowest BCUT2D eigenvalue weighted by Gasteiger charge is -2.23. The predicted molar refractivity (Wildman–Crippen MR) is 104 cm³/mol. The molecule has 0 radical (unpaired) electrons. The molecule has 0 aliphatic heterocycles. The van der Waals surface area contributed by atoms with Crippen LogP contribution in [0.15, 0.2) is 42.5 Å². The van der Waals surface area contributed by atoms with E-state index in [4.69, 9.17) is 0 Å². The number of fused-ring (bicyclic) bond motifs is 1. The van der Waals surface area contributed by atoms with Crippen molar-refractivity contribution in [2.45, 2.75) is 19.6 Å². The summed E-state index contributed by atoms with van der Waals surface area (Å²) in [7, 11) is -3.94. The van der Waals surface area contributed by atoms with Gasteiger partial charge in [0.1, 0.15) is 10.8 Å². The molecule has 4 nitrogen and oxygen atoms in total. The second kappa shape index (κ2) is 7.75. The highest BCUT2D eigenvalue weighted by atomic mass is 32.2. The van der Waals surface area contributed by atoms with Crippen LogP contribution in [0, 0.1) is 5.82 Å². The number of carbonyl (C=O) groups excluding carboxylic acids is 1. The number of carbonyl (C=O) groups is 1. The van der Waals surface area contributed by atoms with Gasteiger partial charge in [0.05, 0.1) is 23.4 Å². The Bertz CT molecular complexity index is 1170. The van der Waals surface area contributed by atoms with Crippen molar-refractivity contribution >= 4 is 42.7 Å². The van der Waals surface area contributed by atoms with Crippen molar-refractivity contribution in [2.75, 3.05) is 10.1 Å². The van der Waals surface area contributed by atoms with Crippen LogP contribution in [-0.4, -0.2) is 20.5 Å². The minimum atomic E-state index is -4.92. The van der Waals surface area contributed by atoms with Crippen LogP contribution in [-0.2, 0) is 22.7 Å². The van der Waals surface area contributed by atoms with Gasteiger partial charge in [0.15, 0.2) is 6.29 Å². The lowest BCUT2D eigenvalue weighted by atomic mass is 10.1. The summed E-state index contributed by atoms with van der Waals surface area (Å²) in [4.78, 5) is 11.7. The van der Waals surface area contributed by atoms with Gasteiger partial charge < -0.3 is 0 Å². The van der Waals surface area contributed by atoms with E-state index in [-0.39, 0.29) is 21.9 Å². The Morgan fingerprint density at radius 2 is 1.83 bits per heavy atom. The highest BCUT2D eigenvalue weighted by molar-refractivity contribution is 7.92. The normalized spacial score (nSPS) is 12.3. The van der Waals surface area contributed by atoms with E-state index in [1.54, 1.807) is 24.3 Å². The first-order valence-corrected chi connectivity index (χ1v) is 10.8. The van der Waals surface area contributed by atoms with Crippen molar-refractivity contribution in [1.29, 1.82) is 0 Å². The Hall–Kier alpha value is -2.46. The first-order valence-electron chi connectivity index (χ1n) is 8.41. The molecule has 10 heteroatoms. The maximum atomic E-state index is 13.6. The number of thiophene rings is 1. The minimum Gasteiger partial charge on any atom is -0.298 e. The zero-order valence-electron chi connectivity index (χ0n) is 15.0. The van der Waals surface area contributed by atoms with Gasteiger partial charge in [-0.3, -0.25) is 9.10 Å². The van der Waals surface area contributed by atoms with E-state index in [1.807, 2.05) is 0 Å². The largest absolute Gasteiger partial charge is 0.419 e. The molecule has 3 rings (SSSR count). The fourth-order valence-corrected chi connectivity index (χ4v) is 5.40. The number of nitrogens with zero attached hydrogens (tertiary/aromatic N) is 1. The van der Waals surface area contributed by atoms with Gasteiger partial charge in [-0.25, -0.2) is 12.8 Å². The van der Waals surface area contributed by atoms with Crippen LogP contribution < -0.4 is 4.31 Å². The van der Waals surface area contributed by atoms with Gasteiger partial charge in [-0.15, -0.1) is 11.3 Å². The van der Waals surface area contributed by atoms with Crippen molar-refractivity contribution in [3.63, 3.8) is 0 Å².